The van der Waals surface area contributed by atoms with Crippen molar-refractivity contribution in [2.45, 2.75) is 12.5 Å². The number of nitrogens with zero attached hydrogens (tertiary/aromatic N) is 1. The Morgan fingerprint density at radius 1 is 1.32 bits per heavy atom. The molecule has 0 aliphatic carbocycles. The second kappa shape index (κ2) is 8.07. The number of aliphatic hydroxyl groups is 1. The van der Waals surface area contributed by atoms with E-state index in [0.29, 0.717) is 10.9 Å². The van der Waals surface area contributed by atoms with E-state index < -0.39 is 0 Å². The van der Waals surface area contributed by atoms with Crippen LogP contribution in [0.2, 0.25) is 0 Å². The minimum Gasteiger partial charge on any atom is -0.506 e. The van der Waals surface area contributed by atoms with Crippen molar-refractivity contribution >= 4 is 28.3 Å². The largest absolute Gasteiger partial charge is 0.506 e. The fourth-order valence-corrected chi connectivity index (χ4v) is 2.83. The highest BCUT2D eigenvalue weighted by molar-refractivity contribution is 9.10. The number of para-hydroxylation sites is 1. The van der Waals surface area contributed by atoms with Crippen molar-refractivity contribution < 1.29 is 10.2 Å². The minimum atomic E-state index is 0. The van der Waals surface area contributed by atoms with Crippen LogP contribution in [0.5, 0.6) is 5.75 Å². The van der Waals surface area contributed by atoms with Gasteiger partial charge >= 0.3 is 0 Å². The van der Waals surface area contributed by atoms with Crippen LogP contribution in [-0.2, 0) is 0 Å². The summed E-state index contributed by atoms with van der Waals surface area (Å²) in [6.07, 6.45) is 0.643. The van der Waals surface area contributed by atoms with Crippen molar-refractivity contribution in [2.75, 3.05) is 32.8 Å². The van der Waals surface area contributed by atoms with Crippen molar-refractivity contribution in [1.82, 2.24) is 10.2 Å². The van der Waals surface area contributed by atoms with Crippen LogP contribution in [0.4, 0.5) is 0 Å². The highest BCUT2D eigenvalue weighted by atomic mass is 79.9. The average Bonchev–Trinajstić information content (AvgIpc) is 2.41. The first-order valence-electron chi connectivity index (χ1n) is 6.27. The quantitative estimate of drug-likeness (QED) is 0.775. The van der Waals surface area contributed by atoms with Gasteiger partial charge in [0.2, 0.25) is 0 Å². The second-order valence-corrected chi connectivity index (χ2v) is 5.35. The van der Waals surface area contributed by atoms with Crippen LogP contribution >= 0.6 is 28.3 Å². The maximum Gasteiger partial charge on any atom is 0.134 e. The Hall–Kier alpha value is -0.330. The van der Waals surface area contributed by atoms with Crippen LogP contribution < -0.4 is 5.32 Å². The van der Waals surface area contributed by atoms with Gasteiger partial charge in [0.1, 0.15) is 5.75 Å². The molecule has 0 aromatic heterocycles. The number of aliphatic hydroxyl groups excluding tert-OH is 1. The second-order valence-electron chi connectivity index (χ2n) is 4.49. The van der Waals surface area contributed by atoms with Gasteiger partial charge in [-0.2, -0.15) is 0 Å². The summed E-state index contributed by atoms with van der Waals surface area (Å²) in [5.41, 5.74) is 0.889. The summed E-state index contributed by atoms with van der Waals surface area (Å²) in [5, 5.41) is 22.7. The lowest BCUT2D eigenvalue weighted by atomic mass is 10.0. The average molecular weight is 352 g/mol. The van der Waals surface area contributed by atoms with Gasteiger partial charge in [0.25, 0.3) is 0 Å². The predicted molar refractivity (Wildman–Crippen MR) is 81.9 cm³/mol. The molecule has 0 unspecified atom stereocenters. The number of phenolic OH excluding ortho intramolecular Hbond substituents is 1. The molecule has 4 nitrogen and oxygen atoms in total. The topological polar surface area (TPSA) is 55.7 Å². The van der Waals surface area contributed by atoms with Gasteiger partial charge in [0, 0.05) is 44.4 Å². The number of benzene rings is 1. The van der Waals surface area contributed by atoms with Gasteiger partial charge in [-0.1, -0.05) is 12.1 Å². The molecule has 1 aromatic carbocycles. The summed E-state index contributed by atoms with van der Waals surface area (Å²) < 4.78 is 0.707. The van der Waals surface area contributed by atoms with Gasteiger partial charge in [0.15, 0.2) is 0 Å². The number of phenols is 1. The molecule has 0 amide bonds. The van der Waals surface area contributed by atoms with Crippen molar-refractivity contribution in [3.63, 3.8) is 0 Å². The Labute approximate surface area is 128 Å². The fourth-order valence-electron chi connectivity index (χ4n) is 2.45. The highest BCUT2D eigenvalue weighted by Gasteiger charge is 2.24. The van der Waals surface area contributed by atoms with E-state index in [1.54, 1.807) is 0 Å². The normalized spacial score (nSPS) is 17.8. The molecule has 0 saturated carbocycles. The summed E-state index contributed by atoms with van der Waals surface area (Å²) in [7, 11) is 0. The van der Waals surface area contributed by atoms with Gasteiger partial charge in [-0.25, -0.2) is 0 Å². The zero-order chi connectivity index (χ0) is 13.0. The molecule has 6 heteroatoms. The monoisotopic (exact) mass is 350 g/mol. The molecule has 1 aliphatic heterocycles. The zero-order valence-electron chi connectivity index (χ0n) is 10.7. The first-order chi connectivity index (χ1) is 8.74. The van der Waals surface area contributed by atoms with E-state index in [4.69, 9.17) is 0 Å². The Morgan fingerprint density at radius 3 is 2.63 bits per heavy atom. The van der Waals surface area contributed by atoms with Gasteiger partial charge < -0.3 is 15.5 Å². The lowest BCUT2D eigenvalue weighted by Gasteiger charge is -2.35. The molecule has 1 heterocycles. The summed E-state index contributed by atoms with van der Waals surface area (Å²) >= 11 is 3.35. The van der Waals surface area contributed by atoms with E-state index in [2.05, 4.69) is 26.1 Å². The summed E-state index contributed by atoms with van der Waals surface area (Å²) in [4.78, 5) is 2.31. The number of piperazine rings is 1. The van der Waals surface area contributed by atoms with Gasteiger partial charge in [-0.15, -0.1) is 12.4 Å². The maximum atomic E-state index is 10.2. The van der Waals surface area contributed by atoms with Gasteiger partial charge in [-0.05, 0) is 28.4 Å². The molecule has 1 aromatic rings. The standard InChI is InChI=1S/C13H19BrN2O2.ClH/c14-11-3-1-2-10(13(11)18)12(4-9-17)16-7-5-15-6-8-16;/h1-3,12,15,17-18H,4-9H2;1H/t12-;/m0./s1. The van der Waals surface area contributed by atoms with E-state index in [1.807, 2.05) is 18.2 Å². The Bertz CT molecular complexity index is 400. The smallest absolute Gasteiger partial charge is 0.134 e. The van der Waals surface area contributed by atoms with Crippen LogP contribution in [-0.4, -0.2) is 47.9 Å². The van der Waals surface area contributed by atoms with E-state index in [0.717, 1.165) is 31.7 Å². The molecule has 2 rings (SSSR count). The molecule has 1 saturated heterocycles. The van der Waals surface area contributed by atoms with Crippen LogP contribution in [0, 0.1) is 0 Å². The van der Waals surface area contributed by atoms with Crippen molar-refractivity contribution in [1.29, 1.82) is 0 Å². The Kier molecular flexibility index (Phi) is 7.10. The van der Waals surface area contributed by atoms with Crippen LogP contribution in [0.25, 0.3) is 0 Å². The lowest BCUT2D eigenvalue weighted by molar-refractivity contribution is 0.139. The Morgan fingerprint density at radius 2 is 2.00 bits per heavy atom. The maximum absolute atomic E-state index is 10.2. The van der Waals surface area contributed by atoms with Crippen molar-refractivity contribution in [3.05, 3.63) is 28.2 Å². The number of rotatable bonds is 4. The van der Waals surface area contributed by atoms with E-state index in [9.17, 15) is 10.2 Å². The van der Waals surface area contributed by atoms with E-state index in [1.165, 1.54) is 0 Å². The van der Waals surface area contributed by atoms with Gasteiger partial charge in [0.05, 0.1) is 4.47 Å². The third-order valence-electron chi connectivity index (χ3n) is 3.37. The number of halogens is 2. The molecule has 1 atom stereocenters. The van der Waals surface area contributed by atoms with Crippen LogP contribution in [0.15, 0.2) is 22.7 Å². The minimum absolute atomic E-state index is 0. The molecule has 0 bridgehead atoms. The molecule has 3 N–H and O–H groups in total. The molecule has 1 fully saturated rings. The summed E-state index contributed by atoms with van der Waals surface area (Å²) in [5.74, 6) is 0.287. The van der Waals surface area contributed by atoms with Gasteiger partial charge in [-0.3, -0.25) is 4.90 Å². The molecular formula is C13H20BrClN2O2. The third-order valence-corrected chi connectivity index (χ3v) is 4.01. The molecule has 0 spiro atoms. The first-order valence-corrected chi connectivity index (χ1v) is 7.06. The first kappa shape index (κ1) is 16.7. The van der Waals surface area contributed by atoms with Crippen LogP contribution in [0.3, 0.4) is 0 Å². The molecule has 1 aliphatic rings. The van der Waals surface area contributed by atoms with Crippen molar-refractivity contribution in [2.24, 2.45) is 0 Å². The molecule has 0 radical (unpaired) electrons. The third kappa shape index (κ3) is 4.07. The molecular weight excluding hydrogens is 332 g/mol. The van der Waals surface area contributed by atoms with Crippen LogP contribution in [0.1, 0.15) is 18.0 Å². The lowest BCUT2D eigenvalue weighted by Crippen LogP contribution is -2.45. The molecule has 19 heavy (non-hydrogen) atoms. The van der Waals surface area contributed by atoms with Crippen molar-refractivity contribution in [3.8, 4) is 5.75 Å². The number of nitrogens with one attached hydrogen (secondary N) is 1. The summed E-state index contributed by atoms with van der Waals surface area (Å²) in [6, 6.07) is 5.76. The van der Waals surface area contributed by atoms with E-state index >= 15 is 0 Å². The zero-order valence-corrected chi connectivity index (χ0v) is 13.1. The number of aromatic hydroxyl groups is 1. The number of hydrogen-bond donors (Lipinski definition) is 3. The highest BCUT2D eigenvalue weighted by Crippen LogP contribution is 2.36. The van der Waals surface area contributed by atoms with E-state index in [-0.39, 0.29) is 30.8 Å². The Balaban J connectivity index is 0.00000180. The number of hydrogen-bond acceptors (Lipinski definition) is 4. The fraction of sp³-hybridized carbons (Fsp3) is 0.538. The predicted octanol–water partition coefficient (Wildman–Crippen LogP) is 1.91. The molecule has 108 valence electrons. The summed E-state index contributed by atoms with van der Waals surface area (Å²) in [6.45, 7) is 3.92. The SMILES string of the molecule is Cl.OCC[C@@H](c1cccc(Br)c1O)N1CCNCC1.